The van der Waals surface area contributed by atoms with Crippen molar-refractivity contribution in [2.24, 2.45) is 0 Å². The number of para-hydroxylation sites is 1. The quantitative estimate of drug-likeness (QED) is 0.520. The van der Waals surface area contributed by atoms with E-state index in [1.165, 1.54) is 11.0 Å². The first-order chi connectivity index (χ1) is 13.0. The molecule has 0 saturated carbocycles. The first-order valence-electron chi connectivity index (χ1n) is 8.05. The highest BCUT2D eigenvalue weighted by molar-refractivity contribution is 8.13. The van der Waals surface area contributed by atoms with E-state index in [1.54, 1.807) is 42.8 Å². The van der Waals surface area contributed by atoms with Gasteiger partial charge in [0, 0.05) is 31.3 Å². The second-order valence-corrected chi connectivity index (χ2v) is 7.15. The van der Waals surface area contributed by atoms with Gasteiger partial charge in [-0.05, 0) is 42.1 Å². The number of amides is 2. The molecule has 0 saturated heterocycles. The number of nitrogens with zero attached hydrogens (tertiary/aromatic N) is 3. The number of hydrogen-bond acceptors (Lipinski definition) is 4. The Morgan fingerprint density at radius 3 is 2.70 bits per heavy atom. The van der Waals surface area contributed by atoms with Crippen LogP contribution in [0.25, 0.3) is 11.7 Å². The normalized spacial score (nSPS) is 11.1. The topological polar surface area (TPSA) is 66.7 Å². The molecule has 0 bridgehead atoms. The Balaban J connectivity index is 1.77. The number of halogens is 1. The van der Waals surface area contributed by atoms with Crippen LogP contribution in [0.1, 0.15) is 5.69 Å². The first-order valence-corrected chi connectivity index (χ1v) is 9.25. The van der Waals surface area contributed by atoms with E-state index in [0.717, 1.165) is 11.8 Å². The summed E-state index contributed by atoms with van der Waals surface area (Å²) in [6, 6.07) is 12.7. The third-order valence-corrected chi connectivity index (χ3v) is 5.02. The van der Waals surface area contributed by atoms with Gasteiger partial charge in [-0.25, -0.2) is 4.98 Å². The molecule has 8 heteroatoms. The summed E-state index contributed by atoms with van der Waals surface area (Å²) in [5.41, 5.74) is 1.89. The smallest absolute Gasteiger partial charge is 0.286 e. The Hall–Kier alpha value is -2.77. The number of anilines is 1. The van der Waals surface area contributed by atoms with Gasteiger partial charge in [0.1, 0.15) is 5.65 Å². The number of fused-ring (bicyclic) bond motifs is 1. The molecule has 0 aliphatic rings. The third-order valence-electron chi connectivity index (χ3n) is 3.62. The van der Waals surface area contributed by atoms with E-state index in [2.05, 4.69) is 10.3 Å². The van der Waals surface area contributed by atoms with Crippen LogP contribution in [-0.4, -0.2) is 39.5 Å². The highest BCUT2D eigenvalue weighted by Crippen LogP contribution is 2.28. The molecule has 1 aromatic carbocycles. The first kappa shape index (κ1) is 19.0. The Morgan fingerprint density at radius 1 is 1.19 bits per heavy atom. The average molecular weight is 401 g/mol. The zero-order valence-corrected chi connectivity index (χ0v) is 16.3. The molecule has 0 unspecified atom stereocenters. The van der Waals surface area contributed by atoms with E-state index in [0.29, 0.717) is 27.1 Å². The Labute approximate surface area is 165 Å². The minimum Gasteiger partial charge on any atom is -0.339 e. The summed E-state index contributed by atoms with van der Waals surface area (Å²) in [7, 11) is 3.36. The summed E-state index contributed by atoms with van der Waals surface area (Å²) in [5.74, 6) is -0.331. The van der Waals surface area contributed by atoms with Crippen LogP contribution in [0.2, 0.25) is 5.15 Å². The van der Waals surface area contributed by atoms with Crippen LogP contribution in [-0.2, 0) is 4.79 Å². The summed E-state index contributed by atoms with van der Waals surface area (Å²) in [4.78, 5) is 30.7. The Morgan fingerprint density at radius 2 is 1.93 bits per heavy atom. The zero-order chi connectivity index (χ0) is 19.4. The van der Waals surface area contributed by atoms with Crippen molar-refractivity contribution >= 4 is 51.9 Å². The maximum absolute atomic E-state index is 12.4. The fraction of sp³-hybridized carbons (Fsp3) is 0.105. The van der Waals surface area contributed by atoms with Gasteiger partial charge in [0.25, 0.3) is 5.24 Å². The van der Waals surface area contributed by atoms with Crippen molar-refractivity contribution in [1.29, 1.82) is 0 Å². The van der Waals surface area contributed by atoms with Gasteiger partial charge in [0.15, 0.2) is 5.15 Å². The van der Waals surface area contributed by atoms with Gasteiger partial charge < -0.3 is 10.2 Å². The van der Waals surface area contributed by atoms with E-state index in [9.17, 15) is 9.59 Å². The number of rotatable bonds is 4. The Bertz CT molecular complexity index is 1030. The number of hydrogen-bond donors (Lipinski definition) is 1. The van der Waals surface area contributed by atoms with Gasteiger partial charge in [0.05, 0.1) is 11.4 Å². The molecule has 6 nitrogen and oxygen atoms in total. The van der Waals surface area contributed by atoms with Crippen molar-refractivity contribution in [3.05, 3.63) is 65.6 Å². The van der Waals surface area contributed by atoms with Crippen molar-refractivity contribution in [2.75, 3.05) is 19.4 Å². The maximum Gasteiger partial charge on any atom is 0.286 e. The largest absolute Gasteiger partial charge is 0.339 e. The number of carbonyl (C=O) groups excluding carboxylic acids is 2. The van der Waals surface area contributed by atoms with E-state index in [-0.39, 0.29) is 11.1 Å². The molecule has 3 aromatic rings. The van der Waals surface area contributed by atoms with Crippen LogP contribution >= 0.6 is 23.4 Å². The van der Waals surface area contributed by atoms with Gasteiger partial charge in [-0.2, -0.15) is 0 Å². The van der Waals surface area contributed by atoms with Crippen LogP contribution in [0.4, 0.5) is 10.5 Å². The summed E-state index contributed by atoms with van der Waals surface area (Å²) in [5, 5.41) is 2.99. The van der Waals surface area contributed by atoms with Crippen LogP contribution in [0, 0.1) is 0 Å². The van der Waals surface area contributed by atoms with Gasteiger partial charge in [-0.1, -0.05) is 29.8 Å². The number of carbonyl (C=O) groups is 2. The van der Waals surface area contributed by atoms with Crippen LogP contribution in [0.15, 0.2) is 59.6 Å². The van der Waals surface area contributed by atoms with Crippen molar-refractivity contribution in [1.82, 2.24) is 14.3 Å². The number of thioether (sulfide) groups is 1. The second kappa shape index (κ2) is 8.28. The van der Waals surface area contributed by atoms with Crippen LogP contribution in [0.3, 0.4) is 0 Å². The lowest BCUT2D eigenvalue weighted by molar-refractivity contribution is -0.111. The molecular formula is C19H17ClN4O2S. The SMILES string of the molecule is CN(C)C(=O)Sc1ccccc1NC(=O)/C=C/c1c(Cl)nc2ccccn12. The van der Waals surface area contributed by atoms with Gasteiger partial charge in [-0.15, -0.1) is 0 Å². The third kappa shape index (κ3) is 4.50. The molecule has 0 aliphatic heterocycles. The molecule has 0 atom stereocenters. The number of benzene rings is 1. The second-order valence-electron chi connectivity index (χ2n) is 5.80. The van der Waals surface area contributed by atoms with Crippen LogP contribution in [0.5, 0.6) is 0 Å². The zero-order valence-electron chi connectivity index (χ0n) is 14.7. The molecule has 0 fully saturated rings. The van der Waals surface area contributed by atoms with Gasteiger partial charge >= 0.3 is 0 Å². The molecule has 27 heavy (non-hydrogen) atoms. The average Bonchev–Trinajstić information content (AvgIpc) is 2.96. The molecule has 0 spiro atoms. The lowest BCUT2D eigenvalue weighted by Crippen LogP contribution is -2.16. The van der Waals surface area contributed by atoms with E-state index < -0.39 is 0 Å². The lowest BCUT2D eigenvalue weighted by Gasteiger charge is -2.12. The fourth-order valence-corrected chi connectivity index (χ4v) is 3.30. The predicted molar refractivity (Wildman–Crippen MR) is 109 cm³/mol. The summed E-state index contributed by atoms with van der Waals surface area (Å²) in [6.45, 7) is 0. The molecule has 0 aliphatic carbocycles. The van der Waals surface area contributed by atoms with E-state index in [4.69, 9.17) is 11.6 Å². The van der Waals surface area contributed by atoms with E-state index in [1.807, 2.05) is 30.5 Å². The molecule has 138 valence electrons. The monoisotopic (exact) mass is 400 g/mol. The minimum atomic E-state index is -0.331. The van der Waals surface area contributed by atoms with E-state index >= 15 is 0 Å². The van der Waals surface area contributed by atoms with Crippen molar-refractivity contribution in [3.63, 3.8) is 0 Å². The summed E-state index contributed by atoms with van der Waals surface area (Å²) < 4.78 is 1.80. The fourth-order valence-electron chi connectivity index (χ4n) is 2.31. The van der Waals surface area contributed by atoms with Crippen molar-refractivity contribution in [2.45, 2.75) is 4.90 Å². The molecule has 0 radical (unpaired) electrons. The van der Waals surface area contributed by atoms with Crippen LogP contribution < -0.4 is 5.32 Å². The Kier molecular flexibility index (Phi) is 5.83. The molecule has 2 aromatic heterocycles. The highest BCUT2D eigenvalue weighted by atomic mass is 35.5. The molecule has 3 rings (SSSR count). The molecular weight excluding hydrogens is 384 g/mol. The number of nitrogens with one attached hydrogen (secondary N) is 1. The van der Waals surface area contributed by atoms with Gasteiger partial charge in [0.2, 0.25) is 5.91 Å². The predicted octanol–water partition coefficient (Wildman–Crippen LogP) is 4.41. The highest BCUT2D eigenvalue weighted by Gasteiger charge is 2.12. The molecule has 2 heterocycles. The van der Waals surface area contributed by atoms with Crippen molar-refractivity contribution in [3.8, 4) is 0 Å². The molecule has 2 amide bonds. The number of imidazole rings is 1. The maximum atomic E-state index is 12.4. The summed E-state index contributed by atoms with van der Waals surface area (Å²) >= 11 is 7.22. The number of aromatic nitrogens is 2. The standard InChI is InChI=1S/C19H17ClN4O2S/c1-23(2)19(26)27-15-8-4-3-7-13(15)21-17(25)11-10-14-18(20)22-16-9-5-6-12-24(14)16/h3-12H,1-2H3,(H,21,25)/b11-10+. The summed E-state index contributed by atoms with van der Waals surface area (Å²) in [6.07, 6.45) is 4.82. The van der Waals surface area contributed by atoms with Gasteiger partial charge in [-0.3, -0.25) is 14.0 Å². The number of pyridine rings is 1. The molecule has 1 N–H and O–H groups in total. The lowest BCUT2D eigenvalue weighted by atomic mass is 10.3. The minimum absolute atomic E-state index is 0.121. The van der Waals surface area contributed by atoms with Crippen molar-refractivity contribution < 1.29 is 9.59 Å².